The molecule has 0 radical (unpaired) electrons. The number of nitrogens with zero attached hydrogens (tertiary/aromatic N) is 1. The molecule has 0 fully saturated rings. The molecule has 72 valence electrons. The first-order chi connectivity index (χ1) is 5.76. The molecule has 0 atom stereocenters. The molecule has 2 amide bonds. The van der Waals surface area contributed by atoms with E-state index in [0.717, 1.165) is 0 Å². The number of urea groups is 1. The van der Waals surface area contributed by atoms with Gasteiger partial charge in [-0.05, 0) is 20.3 Å². The minimum Gasteiger partial charge on any atom is -0.396 e. The van der Waals surface area contributed by atoms with Gasteiger partial charge in [-0.25, -0.2) is 4.79 Å². The van der Waals surface area contributed by atoms with E-state index >= 15 is 0 Å². The van der Waals surface area contributed by atoms with Crippen molar-refractivity contribution in [1.82, 2.24) is 10.2 Å². The van der Waals surface area contributed by atoms with Crippen LogP contribution >= 0.6 is 0 Å². The second-order valence-electron chi connectivity index (χ2n) is 2.49. The summed E-state index contributed by atoms with van der Waals surface area (Å²) in [4.78, 5) is 12.9. The highest BCUT2D eigenvalue weighted by atomic mass is 16.3. The van der Waals surface area contributed by atoms with E-state index < -0.39 is 0 Å². The number of hydrogen-bond donors (Lipinski definition) is 2. The van der Waals surface area contributed by atoms with E-state index in [0.29, 0.717) is 26.1 Å². The first-order valence-corrected chi connectivity index (χ1v) is 4.39. The van der Waals surface area contributed by atoms with Crippen molar-refractivity contribution in [2.24, 2.45) is 0 Å². The van der Waals surface area contributed by atoms with Crippen molar-refractivity contribution in [3.63, 3.8) is 0 Å². The van der Waals surface area contributed by atoms with Crippen LogP contribution in [0.1, 0.15) is 20.3 Å². The fourth-order valence-corrected chi connectivity index (χ4v) is 0.928. The lowest BCUT2D eigenvalue weighted by Gasteiger charge is -2.20. The minimum absolute atomic E-state index is 0.0477. The van der Waals surface area contributed by atoms with E-state index in [1.807, 2.05) is 13.8 Å². The molecular weight excluding hydrogens is 156 g/mol. The number of aliphatic hydroxyl groups is 1. The van der Waals surface area contributed by atoms with Crippen LogP contribution in [0, 0.1) is 0 Å². The molecule has 4 nitrogen and oxygen atoms in total. The van der Waals surface area contributed by atoms with Gasteiger partial charge < -0.3 is 15.3 Å². The van der Waals surface area contributed by atoms with Crippen LogP contribution in [0.15, 0.2) is 0 Å². The Balaban J connectivity index is 3.71. The first-order valence-electron chi connectivity index (χ1n) is 4.39. The van der Waals surface area contributed by atoms with E-state index in [2.05, 4.69) is 5.32 Å². The molecule has 0 spiro atoms. The summed E-state index contributed by atoms with van der Waals surface area (Å²) in [5.74, 6) is 0. The Morgan fingerprint density at radius 1 is 1.50 bits per heavy atom. The smallest absolute Gasteiger partial charge is 0.317 e. The van der Waals surface area contributed by atoms with Gasteiger partial charge >= 0.3 is 6.03 Å². The van der Waals surface area contributed by atoms with Crippen LogP contribution in [0.25, 0.3) is 0 Å². The Bertz CT molecular complexity index is 128. The third kappa shape index (κ3) is 4.18. The zero-order valence-corrected chi connectivity index (χ0v) is 7.84. The highest BCUT2D eigenvalue weighted by Gasteiger charge is 2.08. The molecule has 12 heavy (non-hydrogen) atoms. The molecule has 0 bridgehead atoms. The number of rotatable bonds is 5. The number of aliphatic hydroxyl groups excluding tert-OH is 1. The molecule has 0 unspecified atom stereocenters. The van der Waals surface area contributed by atoms with Gasteiger partial charge in [0.1, 0.15) is 0 Å². The van der Waals surface area contributed by atoms with Crippen LogP contribution < -0.4 is 5.32 Å². The lowest BCUT2D eigenvalue weighted by molar-refractivity contribution is 0.193. The second kappa shape index (κ2) is 6.91. The van der Waals surface area contributed by atoms with Gasteiger partial charge in [0, 0.05) is 26.2 Å². The van der Waals surface area contributed by atoms with E-state index in [9.17, 15) is 4.79 Å². The fraction of sp³-hybridized carbons (Fsp3) is 0.875. The number of hydrogen-bond acceptors (Lipinski definition) is 2. The lowest BCUT2D eigenvalue weighted by Crippen LogP contribution is -2.40. The van der Waals surface area contributed by atoms with Gasteiger partial charge in [-0.3, -0.25) is 0 Å². The predicted molar refractivity (Wildman–Crippen MR) is 48.0 cm³/mol. The quantitative estimate of drug-likeness (QED) is 0.634. The van der Waals surface area contributed by atoms with E-state index in [4.69, 9.17) is 5.11 Å². The maximum absolute atomic E-state index is 11.2. The summed E-state index contributed by atoms with van der Waals surface area (Å²) >= 11 is 0. The summed E-state index contributed by atoms with van der Waals surface area (Å²) in [6, 6.07) is -0.0477. The first kappa shape index (κ1) is 11.2. The van der Waals surface area contributed by atoms with Gasteiger partial charge in [0.2, 0.25) is 0 Å². The molecule has 0 aromatic heterocycles. The molecule has 2 N–H and O–H groups in total. The molecule has 0 rings (SSSR count). The van der Waals surface area contributed by atoms with Gasteiger partial charge in [-0.2, -0.15) is 0 Å². The van der Waals surface area contributed by atoms with Gasteiger partial charge in [-0.1, -0.05) is 0 Å². The number of nitrogens with one attached hydrogen (secondary N) is 1. The normalized spacial score (nSPS) is 9.58. The van der Waals surface area contributed by atoms with Crippen LogP contribution in [-0.4, -0.2) is 42.3 Å². The van der Waals surface area contributed by atoms with Crippen molar-refractivity contribution in [2.75, 3.05) is 26.2 Å². The Kier molecular flexibility index (Phi) is 6.47. The summed E-state index contributed by atoms with van der Waals surface area (Å²) in [5.41, 5.74) is 0. The van der Waals surface area contributed by atoms with Gasteiger partial charge in [0.05, 0.1) is 0 Å². The predicted octanol–water partition coefficient (Wildman–Crippen LogP) is 0.420. The Labute approximate surface area is 73.6 Å². The molecular formula is C8H18N2O2. The van der Waals surface area contributed by atoms with Gasteiger partial charge in [0.25, 0.3) is 0 Å². The average molecular weight is 174 g/mol. The third-order valence-electron chi connectivity index (χ3n) is 1.58. The van der Waals surface area contributed by atoms with Crippen molar-refractivity contribution in [3.05, 3.63) is 0 Å². The average Bonchev–Trinajstić information content (AvgIpc) is 2.06. The molecule has 0 aliphatic carbocycles. The molecule has 0 aliphatic rings. The van der Waals surface area contributed by atoms with Crippen molar-refractivity contribution >= 4 is 6.03 Å². The highest BCUT2D eigenvalue weighted by Crippen LogP contribution is 1.91. The zero-order valence-electron chi connectivity index (χ0n) is 7.84. The highest BCUT2D eigenvalue weighted by molar-refractivity contribution is 5.73. The maximum atomic E-state index is 11.2. The number of amides is 2. The zero-order chi connectivity index (χ0) is 9.40. The standard InChI is InChI=1S/C8H18N2O2/c1-3-9-8(12)10(4-2)6-5-7-11/h11H,3-7H2,1-2H3,(H,9,12). The largest absolute Gasteiger partial charge is 0.396 e. The fourth-order valence-electron chi connectivity index (χ4n) is 0.928. The van der Waals surface area contributed by atoms with Crippen molar-refractivity contribution in [2.45, 2.75) is 20.3 Å². The van der Waals surface area contributed by atoms with Crippen molar-refractivity contribution in [1.29, 1.82) is 0 Å². The molecule has 0 heterocycles. The van der Waals surface area contributed by atoms with Gasteiger partial charge in [-0.15, -0.1) is 0 Å². The van der Waals surface area contributed by atoms with Crippen LogP contribution in [0.4, 0.5) is 4.79 Å². The SMILES string of the molecule is CCNC(=O)N(CC)CCCO. The molecule has 4 heteroatoms. The van der Waals surface area contributed by atoms with E-state index in [1.165, 1.54) is 0 Å². The number of carbonyl (C=O) groups is 1. The number of carbonyl (C=O) groups excluding carboxylic acids is 1. The Hall–Kier alpha value is -0.770. The second-order valence-corrected chi connectivity index (χ2v) is 2.49. The van der Waals surface area contributed by atoms with Crippen LogP contribution in [-0.2, 0) is 0 Å². The molecule has 0 aromatic carbocycles. The van der Waals surface area contributed by atoms with Crippen molar-refractivity contribution in [3.8, 4) is 0 Å². The summed E-state index contributed by atoms with van der Waals surface area (Å²) < 4.78 is 0. The minimum atomic E-state index is -0.0477. The van der Waals surface area contributed by atoms with Crippen LogP contribution in [0.5, 0.6) is 0 Å². The summed E-state index contributed by atoms with van der Waals surface area (Å²) in [5, 5.41) is 11.3. The lowest BCUT2D eigenvalue weighted by atomic mass is 10.4. The van der Waals surface area contributed by atoms with E-state index in [-0.39, 0.29) is 12.6 Å². The molecule has 0 saturated carbocycles. The summed E-state index contributed by atoms with van der Waals surface area (Å²) in [6.45, 7) is 5.90. The molecule has 0 aromatic rings. The molecule has 0 aliphatic heterocycles. The van der Waals surface area contributed by atoms with Crippen LogP contribution in [0.2, 0.25) is 0 Å². The Morgan fingerprint density at radius 3 is 2.58 bits per heavy atom. The Morgan fingerprint density at radius 2 is 2.17 bits per heavy atom. The topological polar surface area (TPSA) is 52.6 Å². The third-order valence-corrected chi connectivity index (χ3v) is 1.58. The summed E-state index contributed by atoms with van der Waals surface area (Å²) in [6.07, 6.45) is 0.644. The van der Waals surface area contributed by atoms with Gasteiger partial charge in [0.15, 0.2) is 0 Å². The monoisotopic (exact) mass is 174 g/mol. The van der Waals surface area contributed by atoms with Crippen LogP contribution in [0.3, 0.4) is 0 Å². The maximum Gasteiger partial charge on any atom is 0.317 e. The van der Waals surface area contributed by atoms with Crippen molar-refractivity contribution < 1.29 is 9.90 Å². The summed E-state index contributed by atoms with van der Waals surface area (Å²) in [7, 11) is 0. The molecule has 0 saturated heterocycles. The van der Waals surface area contributed by atoms with E-state index in [1.54, 1.807) is 4.90 Å².